The molecule has 1 amide bonds. The summed E-state index contributed by atoms with van der Waals surface area (Å²) in [7, 11) is 2.56. The third-order valence-corrected chi connectivity index (χ3v) is 3.77. The number of amides is 1. The zero-order valence-corrected chi connectivity index (χ0v) is 16.3. The quantitative estimate of drug-likeness (QED) is 0.455. The minimum absolute atomic E-state index is 0.0259. The predicted octanol–water partition coefficient (Wildman–Crippen LogP) is 2.39. The van der Waals surface area contributed by atoms with Gasteiger partial charge in [0.15, 0.2) is 5.71 Å². The van der Waals surface area contributed by atoms with E-state index < -0.39 is 17.5 Å². The average Bonchev–Trinajstić information content (AvgIpc) is 2.71. The number of hydrogen-bond acceptors (Lipinski definition) is 7. The van der Waals surface area contributed by atoms with Crippen LogP contribution < -0.4 is 11.2 Å². The molecule has 0 radical (unpaired) electrons. The molecule has 30 heavy (non-hydrogen) atoms. The van der Waals surface area contributed by atoms with Crippen molar-refractivity contribution in [2.75, 3.05) is 14.2 Å². The highest BCUT2D eigenvalue weighted by Gasteiger charge is 2.17. The first-order chi connectivity index (χ1) is 14.4. The summed E-state index contributed by atoms with van der Waals surface area (Å²) in [5, 5.41) is 7.37. The fourth-order valence-electron chi connectivity index (χ4n) is 2.48. The second-order valence-electron chi connectivity index (χ2n) is 5.76. The van der Waals surface area contributed by atoms with Crippen LogP contribution in [-0.4, -0.2) is 31.6 Å². The molecule has 0 saturated heterocycles. The highest BCUT2D eigenvalue weighted by Crippen LogP contribution is 2.15. The summed E-state index contributed by atoms with van der Waals surface area (Å²) < 4.78 is 27.3. The number of benzene rings is 2. The summed E-state index contributed by atoms with van der Waals surface area (Å²) in [4.78, 5) is 26.5. The summed E-state index contributed by atoms with van der Waals surface area (Å²) in [6, 6.07) is 9.73. The number of allylic oxidation sites excluding steroid dienone is 1. The van der Waals surface area contributed by atoms with Crippen LogP contribution in [0.25, 0.3) is 0 Å². The Balaban J connectivity index is 2.16. The third-order valence-electron chi connectivity index (χ3n) is 3.77. The number of nitrogens with zero attached hydrogens (tertiary/aromatic N) is 2. The van der Waals surface area contributed by atoms with Gasteiger partial charge in [-0.2, -0.15) is 0 Å². The fraction of sp³-hybridized carbons (Fsp3) is 0.150. The molecule has 2 aromatic carbocycles. The van der Waals surface area contributed by atoms with E-state index in [1.165, 1.54) is 20.3 Å². The van der Waals surface area contributed by atoms with Crippen LogP contribution in [0.2, 0.25) is 0 Å². The van der Waals surface area contributed by atoms with E-state index in [0.717, 1.165) is 6.07 Å². The molecule has 0 saturated carbocycles. The largest absolute Gasteiger partial charge is 0.399 e. The van der Waals surface area contributed by atoms with Gasteiger partial charge in [0.05, 0.1) is 5.70 Å². The minimum atomic E-state index is -0.846. The number of oxime groups is 2. The first-order valence-corrected chi connectivity index (χ1v) is 8.51. The van der Waals surface area contributed by atoms with E-state index in [0.29, 0.717) is 17.2 Å². The Labute approximate surface area is 171 Å². The molecule has 0 fully saturated rings. The molecule has 10 heteroatoms. The number of carbonyl (C=O) groups is 1. The van der Waals surface area contributed by atoms with Crippen LogP contribution in [0.1, 0.15) is 16.7 Å². The van der Waals surface area contributed by atoms with Crippen LogP contribution in [0, 0.1) is 11.6 Å². The van der Waals surface area contributed by atoms with Crippen molar-refractivity contribution in [2.24, 2.45) is 16.0 Å². The zero-order chi connectivity index (χ0) is 22.1. The summed E-state index contributed by atoms with van der Waals surface area (Å²) in [5.74, 6) is -2.36. The van der Waals surface area contributed by atoms with E-state index in [2.05, 4.69) is 27.2 Å². The van der Waals surface area contributed by atoms with Gasteiger partial charge in [0.25, 0.3) is 5.91 Å². The lowest BCUT2D eigenvalue weighted by molar-refractivity contribution is -0.112. The lowest BCUT2D eigenvalue weighted by Crippen LogP contribution is -2.26. The smallest absolute Gasteiger partial charge is 0.271 e. The predicted molar refractivity (Wildman–Crippen MR) is 106 cm³/mol. The molecule has 0 spiro atoms. The van der Waals surface area contributed by atoms with Gasteiger partial charge in [0, 0.05) is 17.2 Å². The molecule has 0 aliphatic rings. The van der Waals surface area contributed by atoms with Crippen molar-refractivity contribution in [2.45, 2.75) is 6.61 Å². The lowest BCUT2D eigenvalue weighted by Gasteiger charge is -2.14. The monoisotopic (exact) mass is 418 g/mol. The van der Waals surface area contributed by atoms with Crippen LogP contribution >= 0.6 is 0 Å². The molecule has 0 heterocycles. The van der Waals surface area contributed by atoms with Gasteiger partial charge >= 0.3 is 0 Å². The molecular formula is C20H20F2N4O4. The molecule has 0 unspecified atom stereocenters. The zero-order valence-electron chi connectivity index (χ0n) is 16.3. The van der Waals surface area contributed by atoms with Gasteiger partial charge in [-0.25, -0.2) is 8.78 Å². The van der Waals surface area contributed by atoms with E-state index in [-0.39, 0.29) is 29.3 Å². The second-order valence-corrected chi connectivity index (χ2v) is 5.76. The average molecular weight is 418 g/mol. The Morgan fingerprint density at radius 2 is 1.73 bits per heavy atom. The van der Waals surface area contributed by atoms with Crippen LogP contribution in [-0.2, 0) is 25.9 Å². The Hall–Kier alpha value is -3.79. The van der Waals surface area contributed by atoms with Crippen LogP contribution in [0.5, 0.6) is 0 Å². The topological polar surface area (TPSA) is 108 Å². The van der Waals surface area contributed by atoms with Gasteiger partial charge in [-0.15, -0.1) is 0 Å². The van der Waals surface area contributed by atoms with Gasteiger partial charge in [-0.1, -0.05) is 41.2 Å². The maximum atomic E-state index is 14.1. The van der Waals surface area contributed by atoms with Crippen LogP contribution in [0.4, 0.5) is 8.78 Å². The molecule has 8 nitrogen and oxygen atoms in total. The number of carbonyl (C=O) groups excluding carboxylic acids is 1. The van der Waals surface area contributed by atoms with Crippen molar-refractivity contribution in [3.8, 4) is 0 Å². The Kier molecular flexibility index (Phi) is 8.00. The normalized spacial score (nSPS) is 11.7. The maximum absolute atomic E-state index is 14.1. The molecule has 0 atom stereocenters. The Bertz CT molecular complexity index is 993. The van der Waals surface area contributed by atoms with Gasteiger partial charge in [0.1, 0.15) is 38.2 Å². The Morgan fingerprint density at radius 1 is 1.07 bits per heavy atom. The number of rotatable bonds is 10. The molecular weight excluding hydrogens is 398 g/mol. The molecule has 0 aliphatic carbocycles. The van der Waals surface area contributed by atoms with Crippen molar-refractivity contribution in [3.05, 3.63) is 83.1 Å². The number of primary amides is 1. The molecule has 2 rings (SSSR count). The molecule has 0 aromatic heterocycles. The second kappa shape index (κ2) is 10.7. The van der Waals surface area contributed by atoms with E-state index in [9.17, 15) is 13.6 Å². The van der Waals surface area contributed by atoms with Crippen LogP contribution in [0.15, 0.2) is 65.1 Å². The van der Waals surface area contributed by atoms with Gasteiger partial charge < -0.3 is 15.4 Å². The van der Waals surface area contributed by atoms with Gasteiger partial charge in [0.2, 0.25) is 0 Å². The van der Waals surface area contributed by atoms with E-state index in [4.69, 9.17) is 15.4 Å². The molecule has 0 bridgehead atoms. The lowest BCUT2D eigenvalue weighted by atomic mass is 10.0. The van der Waals surface area contributed by atoms with Gasteiger partial charge in [-0.3, -0.25) is 15.1 Å². The van der Waals surface area contributed by atoms with E-state index >= 15 is 0 Å². The van der Waals surface area contributed by atoms with Crippen molar-refractivity contribution >= 4 is 17.3 Å². The van der Waals surface area contributed by atoms with Crippen molar-refractivity contribution in [1.82, 2.24) is 5.48 Å². The third kappa shape index (κ3) is 5.61. The van der Waals surface area contributed by atoms with Crippen LogP contribution in [0.3, 0.4) is 0 Å². The highest BCUT2D eigenvalue weighted by molar-refractivity contribution is 6.45. The maximum Gasteiger partial charge on any atom is 0.271 e. The molecule has 3 N–H and O–H groups in total. The molecule has 2 aromatic rings. The molecule has 158 valence electrons. The highest BCUT2D eigenvalue weighted by atomic mass is 19.1. The van der Waals surface area contributed by atoms with Crippen molar-refractivity contribution < 1.29 is 28.1 Å². The Morgan fingerprint density at radius 3 is 2.37 bits per heavy atom. The minimum Gasteiger partial charge on any atom is -0.399 e. The fourth-order valence-corrected chi connectivity index (χ4v) is 2.48. The SMILES string of the molecule is C=C(NOCc1ccccc1C(=NOC)C(N)=O)C(=NOC)c1ccc(F)cc1F. The first-order valence-electron chi connectivity index (χ1n) is 8.51. The number of hydroxylamine groups is 1. The number of halogens is 2. The summed E-state index contributed by atoms with van der Waals surface area (Å²) in [6.07, 6.45) is 0. The van der Waals surface area contributed by atoms with Gasteiger partial charge in [-0.05, 0) is 17.7 Å². The summed E-state index contributed by atoms with van der Waals surface area (Å²) >= 11 is 0. The standard InChI is InChI=1S/C20H20F2N4O4/c1-12(18(25-28-2)16-9-8-14(21)10-17(16)22)24-30-11-13-6-4-5-7-15(13)19(20(23)27)26-29-3/h4-10,24H,1,11H2,2-3H3,(H2,23,27). The number of hydrogen-bond donors (Lipinski definition) is 2. The summed E-state index contributed by atoms with van der Waals surface area (Å²) in [5.41, 5.74) is 8.77. The van der Waals surface area contributed by atoms with Crippen molar-refractivity contribution in [3.63, 3.8) is 0 Å². The number of nitrogens with one attached hydrogen (secondary N) is 1. The first kappa shape index (κ1) is 22.5. The van der Waals surface area contributed by atoms with E-state index in [1.807, 2.05) is 0 Å². The van der Waals surface area contributed by atoms with E-state index in [1.54, 1.807) is 24.3 Å². The molecule has 0 aliphatic heterocycles. The summed E-state index contributed by atoms with van der Waals surface area (Å²) in [6.45, 7) is 3.69. The number of nitrogens with two attached hydrogens (primary N) is 1. The van der Waals surface area contributed by atoms with Crippen molar-refractivity contribution in [1.29, 1.82) is 0 Å².